The molecule has 0 aliphatic rings. The van der Waals surface area contributed by atoms with E-state index in [1.54, 1.807) is 19.3 Å². The number of nitriles is 1. The normalized spacial score (nSPS) is 9.71. The molecule has 5 nitrogen and oxygen atoms in total. The summed E-state index contributed by atoms with van der Waals surface area (Å²) in [7, 11) is 1.77. The molecule has 0 aliphatic heterocycles. The lowest BCUT2D eigenvalue weighted by atomic mass is 10.1. The van der Waals surface area contributed by atoms with Crippen molar-refractivity contribution in [1.29, 1.82) is 5.26 Å². The number of nitrogens with one attached hydrogen (secondary N) is 1. The zero-order chi connectivity index (χ0) is 12.3. The maximum Gasteiger partial charge on any atom is 0.223 e. The van der Waals surface area contributed by atoms with Gasteiger partial charge in [0.05, 0.1) is 11.3 Å². The molecule has 0 fully saturated rings. The van der Waals surface area contributed by atoms with E-state index in [0.29, 0.717) is 11.5 Å². The highest BCUT2D eigenvalue weighted by Gasteiger charge is 2.05. The number of pyridine rings is 1. The van der Waals surface area contributed by atoms with Crippen LogP contribution < -0.4 is 5.32 Å². The van der Waals surface area contributed by atoms with Gasteiger partial charge in [-0.05, 0) is 19.1 Å². The average molecular weight is 225 g/mol. The van der Waals surface area contributed by atoms with Gasteiger partial charge in [-0.2, -0.15) is 5.26 Å². The summed E-state index contributed by atoms with van der Waals surface area (Å²) >= 11 is 0. The van der Waals surface area contributed by atoms with E-state index in [-0.39, 0.29) is 0 Å². The summed E-state index contributed by atoms with van der Waals surface area (Å²) in [6.07, 6.45) is 3.21. The Bertz CT molecular complexity index is 586. The minimum atomic E-state index is 0.518. The Labute approximate surface area is 99.2 Å². The summed E-state index contributed by atoms with van der Waals surface area (Å²) in [5.41, 5.74) is 2.95. The minimum absolute atomic E-state index is 0.518. The van der Waals surface area contributed by atoms with E-state index in [2.05, 4.69) is 26.3 Å². The molecule has 17 heavy (non-hydrogen) atoms. The third-order valence-corrected chi connectivity index (χ3v) is 2.24. The van der Waals surface area contributed by atoms with Gasteiger partial charge in [-0.1, -0.05) is 0 Å². The highest BCUT2D eigenvalue weighted by atomic mass is 15.1. The number of anilines is 1. The summed E-state index contributed by atoms with van der Waals surface area (Å²) in [6, 6.07) is 5.68. The number of rotatable bonds is 2. The molecular formula is C12H11N5. The molecule has 0 amide bonds. The fourth-order valence-corrected chi connectivity index (χ4v) is 1.47. The van der Waals surface area contributed by atoms with Gasteiger partial charge in [0.25, 0.3) is 0 Å². The van der Waals surface area contributed by atoms with Crippen LogP contribution in [0, 0.1) is 18.3 Å². The first-order valence-electron chi connectivity index (χ1n) is 5.12. The molecule has 2 aromatic rings. The first kappa shape index (κ1) is 11.0. The highest BCUT2D eigenvalue weighted by molar-refractivity contribution is 5.61. The fourth-order valence-electron chi connectivity index (χ4n) is 1.47. The molecule has 0 radical (unpaired) electrons. The van der Waals surface area contributed by atoms with Gasteiger partial charge in [-0.3, -0.25) is 4.98 Å². The molecule has 5 heteroatoms. The Morgan fingerprint density at radius 1 is 1.24 bits per heavy atom. The van der Waals surface area contributed by atoms with Crippen molar-refractivity contribution < 1.29 is 0 Å². The summed E-state index contributed by atoms with van der Waals surface area (Å²) in [5.74, 6) is 0.558. The summed E-state index contributed by atoms with van der Waals surface area (Å²) in [5, 5.41) is 11.7. The first-order valence-corrected chi connectivity index (χ1v) is 5.12. The van der Waals surface area contributed by atoms with E-state index >= 15 is 0 Å². The molecule has 2 rings (SSSR count). The van der Waals surface area contributed by atoms with Gasteiger partial charge in [0.15, 0.2) is 0 Å². The van der Waals surface area contributed by atoms with Crippen molar-refractivity contribution in [2.75, 3.05) is 12.4 Å². The van der Waals surface area contributed by atoms with E-state index in [0.717, 1.165) is 17.0 Å². The third-order valence-electron chi connectivity index (χ3n) is 2.24. The first-order chi connectivity index (χ1) is 8.22. The van der Waals surface area contributed by atoms with E-state index < -0.39 is 0 Å². The molecule has 0 atom stereocenters. The summed E-state index contributed by atoms with van der Waals surface area (Å²) in [4.78, 5) is 12.6. The Kier molecular flexibility index (Phi) is 2.97. The van der Waals surface area contributed by atoms with Gasteiger partial charge >= 0.3 is 0 Å². The van der Waals surface area contributed by atoms with Crippen molar-refractivity contribution in [1.82, 2.24) is 15.0 Å². The van der Waals surface area contributed by atoms with Crippen molar-refractivity contribution in [3.63, 3.8) is 0 Å². The summed E-state index contributed by atoms with van der Waals surface area (Å²) in [6.45, 7) is 1.90. The van der Waals surface area contributed by atoms with Crippen LogP contribution in [0.3, 0.4) is 0 Å². The molecule has 0 aliphatic carbocycles. The molecule has 0 saturated carbocycles. The van der Waals surface area contributed by atoms with E-state index in [4.69, 9.17) is 5.26 Å². The minimum Gasteiger partial charge on any atom is -0.357 e. The Morgan fingerprint density at radius 3 is 2.76 bits per heavy atom. The van der Waals surface area contributed by atoms with Crippen LogP contribution >= 0.6 is 0 Å². The average Bonchev–Trinajstić information content (AvgIpc) is 2.38. The largest absolute Gasteiger partial charge is 0.357 e. The Balaban J connectivity index is 2.52. The van der Waals surface area contributed by atoms with Gasteiger partial charge in [-0.25, -0.2) is 9.97 Å². The van der Waals surface area contributed by atoms with Crippen LogP contribution in [0.5, 0.6) is 0 Å². The monoisotopic (exact) mass is 225 g/mol. The van der Waals surface area contributed by atoms with Crippen LogP contribution in [0.4, 0.5) is 5.95 Å². The number of aryl methyl sites for hydroxylation is 1. The maximum atomic E-state index is 8.83. The van der Waals surface area contributed by atoms with Crippen LogP contribution in [0.15, 0.2) is 24.5 Å². The second-order valence-electron chi connectivity index (χ2n) is 3.54. The quantitative estimate of drug-likeness (QED) is 0.842. The lowest BCUT2D eigenvalue weighted by molar-refractivity contribution is 1.10. The van der Waals surface area contributed by atoms with E-state index in [9.17, 15) is 0 Å². The van der Waals surface area contributed by atoms with Gasteiger partial charge in [-0.15, -0.1) is 0 Å². The lowest BCUT2D eigenvalue weighted by Crippen LogP contribution is -1.99. The van der Waals surface area contributed by atoms with Crippen molar-refractivity contribution in [2.45, 2.75) is 6.92 Å². The van der Waals surface area contributed by atoms with E-state index in [1.807, 2.05) is 13.0 Å². The number of hydrogen-bond acceptors (Lipinski definition) is 5. The molecule has 0 unspecified atom stereocenters. The topological polar surface area (TPSA) is 74.5 Å². The Morgan fingerprint density at radius 2 is 2.06 bits per heavy atom. The number of aromatic nitrogens is 3. The Hall–Kier alpha value is -2.48. The predicted molar refractivity (Wildman–Crippen MR) is 64.3 cm³/mol. The molecule has 1 N–H and O–H groups in total. The molecule has 2 aromatic heterocycles. The summed E-state index contributed by atoms with van der Waals surface area (Å²) < 4.78 is 0. The maximum absolute atomic E-state index is 8.83. The van der Waals surface area contributed by atoms with Crippen molar-refractivity contribution in [3.8, 4) is 17.3 Å². The molecule has 0 spiro atoms. The van der Waals surface area contributed by atoms with Gasteiger partial charge < -0.3 is 5.32 Å². The number of nitrogens with zero attached hydrogens (tertiary/aromatic N) is 4. The van der Waals surface area contributed by atoms with Crippen LogP contribution in [0.2, 0.25) is 0 Å². The fraction of sp³-hybridized carbons (Fsp3) is 0.167. The van der Waals surface area contributed by atoms with Crippen LogP contribution in [0.1, 0.15) is 11.3 Å². The van der Waals surface area contributed by atoms with Gasteiger partial charge in [0.2, 0.25) is 5.95 Å². The SMILES string of the molecule is CNc1nc(C)cc(-c2cncc(C#N)c2)n1. The molecule has 2 heterocycles. The second-order valence-corrected chi connectivity index (χ2v) is 3.54. The highest BCUT2D eigenvalue weighted by Crippen LogP contribution is 2.18. The number of hydrogen-bond donors (Lipinski definition) is 1. The standard InChI is InChI=1S/C12H11N5/c1-8-3-11(17-12(14-2)16-8)10-4-9(5-13)6-15-7-10/h3-4,6-7H,1-2H3,(H,14,16,17). The zero-order valence-electron chi connectivity index (χ0n) is 9.60. The van der Waals surface area contributed by atoms with Crippen molar-refractivity contribution in [3.05, 3.63) is 35.8 Å². The van der Waals surface area contributed by atoms with Crippen LogP contribution in [0.25, 0.3) is 11.3 Å². The predicted octanol–water partition coefficient (Wildman–Crippen LogP) is 1.76. The molecule has 0 bridgehead atoms. The third kappa shape index (κ3) is 2.37. The molecule has 84 valence electrons. The van der Waals surface area contributed by atoms with Gasteiger partial charge in [0.1, 0.15) is 6.07 Å². The van der Waals surface area contributed by atoms with E-state index in [1.165, 1.54) is 6.20 Å². The van der Waals surface area contributed by atoms with Crippen LogP contribution in [-0.4, -0.2) is 22.0 Å². The van der Waals surface area contributed by atoms with Crippen molar-refractivity contribution >= 4 is 5.95 Å². The van der Waals surface area contributed by atoms with Gasteiger partial charge in [0, 0.05) is 30.7 Å². The smallest absolute Gasteiger partial charge is 0.223 e. The second kappa shape index (κ2) is 4.58. The van der Waals surface area contributed by atoms with Crippen LogP contribution in [-0.2, 0) is 0 Å². The van der Waals surface area contributed by atoms with Crippen molar-refractivity contribution in [2.24, 2.45) is 0 Å². The lowest BCUT2D eigenvalue weighted by Gasteiger charge is -2.05. The zero-order valence-corrected chi connectivity index (χ0v) is 9.60. The molecular weight excluding hydrogens is 214 g/mol. The molecule has 0 saturated heterocycles. The molecule has 0 aromatic carbocycles.